The zero-order valence-corrected chi connectivity index (χ0v) is 8.15. The number of hydrogen-bond donors (Lipinski definition) is 2. The zero-order valence-electron chi connectivity index (χ0n) is 6.58. The Morgan fingerprint density at radius 3 is 2.38 bits per heavy atom. The van der Waals surface area contributed by atoms with Gasteiger partial charge in [-0.05, 0) is 36.5 Å². The Morgan fingerprint density at radius 2 is 1.92 bits per heavy atom. The first kappa shape index (κ1) is 9.95. The van der Waals surface area contributed by atoms with Gasteiger partial charge in [0, 0.05) is 10.6 Å². The van der Waals surface area contributed by atoms with E-state index in [0.29, 0.717) is 10.6 Å². The number of amides is 1. The first-order valence-electron chi connectivity index (χ1n) is 3.46. The lowest BCUT2D eigenvalue weighted by Gasteiger charge is -2.01. The standard InChI is InChI=1S/C8H7ClN2OS/c9-6-3-1-5(2-4-6)7(12)11-8(10)13/h1-4H,(H3,10,11,12,13). The average Bonchev–Trinajstić information content (AvgIpc) is 2.04. The molecule has 0 unspecified atom stereocenters. The minimum atomic E-state index is -0.329. The summed E-state index contributed by atoms with van der Waals surface area (Å²) in [5.74, 6) is -0.329. The number of rotatable bonds is 1. The molecule has 1 rings (SSSR count). The summed E-state index contributed by atoms with van der Waals surface area (Å²) >= 11 is 10.2. The van der Waals surface area contributed by atoms with Crippen LogP contribution >= 0.6 is 23.8 Å². The van der Waals surface area contributed by atoms with Crippen LogP contribution < -0.4 is 11.1 Å². The van der Waals surface area contributed by atoms with E-state index in [1.54, 1.807) is 24.3 Å². The molecule has 0 radical (unpaired) electrons. The molecule has 0 bridgehead atoms. The van der Waals surface area contributed by atoms with Crippen LogP contribution in [0, 0.1) is 0 Å². The molecule has 0 aliphatic heterocycles. The topological polar surface area (TPSA) is 55.1 Å². The first-order chi connectivity index (χ1) is 6.09. The van der Waals surface area contributed by atoms with Crippen molar-refractivity contribution in [1.82, 2.24) is 5.32 Å². The van der Waals surface area contributed by atoms with Crippen molar-refractivity contribution >= 4 is 34.8 Å². The maximum absolute atomic E-state index is 11.2. The van der Waals surface area contributed by atoms with Crippen LogP contribution in [0.25, 0.3) is 0 Å². The fourth-order valence-corrected chi connectivity index (χ4v) is 1.00. The number of halogens is 1. The molecule has 0 saturated heterocycles. The maximum atomic E-state index is 11.2. The quantitative estimate of drug-likeness (QED) is 0.694. The van der Waals surface area contributed by atoms with Gasteiger partial charge in [-0.2, -0.15) is 0 Å². The second-order valence-electron chi connectivity index (χ2n) is 2.33. The predicted molar refractivity (Wildman–Crippen MR) is 55.7 cm³/mol. The van der Waals surface area contributed by atoms with Gasteiger partial charge in [0.15, 0.2) is 5.11 Å². The summed E-state index contributed by atoms with van der Waals surface area (Å²) < 4.78 is 0. The van der Waals surface area contributed by atoms with E-state index in [0.717, 1.165) is 0 Å². The summed E-state index contributed by atoms with van der Waals surface area (Å²) in [5.41, 5.74) is 5.60. The minimum absolute atomic E-state index is 0.0417. The van der Waals surface area contributed by atoms with Gasteiger partial charge in [-0.1, -0.05) is 11.6 Å². The van der Waals surface area contributed by atoms with Gasteiger partial charge in [-0.25, -0.2) is 0 Å². The molecule has 0 spiro atoms. The molecule has 0 saturated carbocycles. The highest BCUT2D eigenvalue weighted by Gasteiger charge is 2.04. The summed E-state index contributed by atoms with van der Waals surface area (Å²) in [6.07, 6.45) is 0. The third-order valence-corrected chi connectivity index (χ3v) is 1.70. The first-order valence-corrected chi connectivity index (χ1v) is 4.24. The highest BCUT2D eigenvalue weighted by molar-refractivity contribution is 7.80. The van der Waals surface area contributed by atoms with E-state index in [2.05, 4.69) is 17.5 Å². The van der Waals surface area contributed by atoms with Gasteiger partial charge in [-0.3, -0.25) is 10.1 Å². The van der Waals surface area contributed by atoms with Gasteiger partial charge in [0.25, 0.3) is 5.91 Å². The van der Waals surface area contributed by atoms with Crippen molar-refractivity contribution in [3.05, 3.63) is 34.9 Å². The summed E-state index contributed by atoms with van der Waals surface area (Å²) in [5, 5.41) is 2.84. The van der Waals surface area contributed by atoms with Crippen LogP contribution in [0.2, 0.25) is 5.02 Å². The fourth-order valence-electron chi connectivity index (χ4n) is 0.785. The number of carbonyl (C=O) groups is 1. The summed E-state index contributed by atoms with van der Waals surface area (Å²) in [6.45, 7) is 0. The van der Waals surface area contributed by atoms with E-state index in [1.807, 2.05) is 0 Å². The second kappa shape index (κ2) is 4.20. The molecule has 13 heavy (non-hydrogen) atoms. The molecule has 0 aliphatic carbocycles. The van der Waals surface area contributed by atoms with Crippen LogP contribution in [0.15, 0.2) is 24.3 Å². The normalized spacial score (nSPS) is 9.31. The molecule has 68 valence electrons. The summed E-state index contributed by atoms with van der Waals surface area (Å²) in [6, 6.07) is 6.43. The van der Waals surface area contributed by atoms with Crippen LogP contribution in [-0.2, 0) is 0 Å². The molecule has 1 amide bonds. The Morgan fingerprint density at radius 1 is 1.38 bits per heavy atom. The van der Waals surface area contributed by atoms with Crippen molar-refractivity contribution in [2.45, 2.75) is 0 Å². The number of nitrogens with one attached hydrogen (secondary N) is 1. The van der Waals surface area contributed by atoms with E-state index >= 15 is 0 Å². The Balaban J connectivity index is 2.78. The molecule has 0 heterocycles. The van der Waals surface area contributed by atoms with Crippen molar-refractivity contribution in [3.8, 4) is 0 Å². The fraction of sp³-hybridized carbons (Fsp3) is 0. The Labute approximate surface area is 85.9 Å². The molecule has 1 aromatic carbocycles. The van der Waals surface area contributed by atoms with Gasteiger partial charge in [-0.15, -0.1) is 0 Å². The van der Waals surface area contributed by atoms with Crippen molar-refractivity contribution in [1.29, 1.82) is 0 Å². The van der Waals surface area contributed by atoms with E-state index in [4.69, 9.17) is 17.3 Å². The highest BCUT2D eigenvalue weighted by atomic mass is 35.5. The smallest absolute Gasteiger partial charge is 0.257 e. The number of hydrogen-bond acceptors (Lipinski definition) is 2. The van der Waals surface area contributed by atoms with Gasteiger partial charge < -0.3 is 5.73 Å². The number of carbonyl (C=O) groups excluding carboxylic acids is 1. The molecular weight excluding hydrogens is 208 g/mol. The monoisotopic (exact) mass is 214 g/mol. The molecule has 5 heteroatoms. The third-order valence-electron chi connectivity index (χ3n) is 1.34. The second-order valence-corrected chi connectivity index (χ2v) is 3.20. The average molecular weight is 215 g/mol. The SMILES string of the molecule is NC(=S)NC(=O)c1ccc(Cl)cc1. The molecule has 3 N–H and O–H groups in total. The molecule has 0 aromatic heterocycles. The van der Waals surface area contributed by atoms with Crippen molar-refractivity contribution in [2.24, 2.45) is 5.73 Å². The molecule has 0 fully saturated rings. The zero-order chi connectivity index (χ0) is 9.84. The Hall–Kier alpha value is -1.13. The summed E-state index contributed by atoms with van der Waals surface area (Å²) in [4.78, 5) is 11.2. The van der Waals surface area contributed by atoms with Crippen molar-refractivity contribution < 1.29 is 4.79 Å². The van der Waals surface area contributed by atoms with E-state index in [1.165, 1.54) is 0 Å². The van der Waals surface area contributed by atoms with Gasteiger partial charge in [0.2, 0.25) is 0 Å². The van der Waals surface area contributed by atoms with Gasteiger partial charge in [0.05, 0.1) is 0 Å². The van der Waals surface area contributed by atoms with Crippen LogP contribution in [0.5, 0.6) is 0 Å². The van der Waals surface area contributed by atoms with Gasteiger partial charge in [0.1, 0.15) is 0 Å². The van der Waals surface area contributed by atoms with Crippen LogP contribution in [-0.4, -0.2) is 11.0 Å². The van der Waals surface area contributed by atoms with Crippen LogP contribution in [0.1, 0.15) is 10.4 Å². The largest absolute Gasteiger partial charge is 0.376 e. The van der Waals surface area contributed by atoms with E-state index in [-0.39, 0.29) is 11.0 Å². The molecule has 0 atom stereocenters. The van der Waals surface area contributed by atoms with Crippen molar-refractivity contribution in [3.63, 3.8) is 0 Å². The van der Waals surface area contributed by atoms with Crippen LogP contribution in [0.4, 0.5) is 0 Å². The molecule has 1 aromatic rings. The summed E-state index contributed by atoms with van der Waals surface area (Å²) in [7, 11) is 0. The number of benzene rings is 1. The highest BCUT2D eigenvalue weighted by Crippen LogP contribution is 2.08. The lowest BCUT2D eigenvalue weighted by atomic mass is 10.2. The molecule has 3 nitrogen and oxygen atoms in total. The number of thiocarbonyl (C=S) groups is 1. The molecular formula is C8H7ClN2OS. The molecule has 0 aliphatic rings. The van der Waals surface area contributed by atoms with Gasteiger partial charge >= 0.3 is 0 Å². The third kappa shape index (κ3) is 3.01. The van der Waals surface area contributed by atoms with Crippen LogP contribution in [0.3, 0.4) is 0 Å². The van der Waals surface area contributed by atoms with E-state index < -0.39 is 0 Å². The Kier molecular flexibility index (Phi) is 3.22. The van der Waals surface area contributed by atoms with Crippen molar-refractivity contribution in [2.75, 3.05) is 0 Å². The maximum Gasteiger partial charge on any atom is 0.257 e. The predicted octanol–water partition coefficient (Wildman–Crippen LogP) is 1.31. The number of nitrogens with two attached hydrogens (primary N) is 1. The Bertz CT molecular complexity index is 337. The van der Waals surface area contributed by atoms with E-state index in [9.17, 15) is 4.79 Å². The minimum Gasteiger partial charge on any atom is -0.376 e. The lowest BCUT2D eigenvalue weighted by molar-refractivity contribution is 0.0977. The lowest BCUT2D eigenvalue weighted by Crippen LogP contribution is -2.34.